The second kappa shape index (κ2) is 8.41. The van der Waals surface area contributed by atoms with Crippen molar-refractivity contribution >= 4 is 33.2 Å². The highest BCUT2D eigenvalue weighted by Gasteiger charge is 2.34. The minimum Gasteiger partial charge on any atom is -0.476 e. The normalized spacial score (nSPS) is 16.2. The van der Waals surface area contributed by atoms with Crippen molar-refractivity contribution in [2.75, 3.05) is 23.7 Å². The molecule has 3 rings (SSSR count). The van der Waals surface area contributed by atoms with E-state index in [-0.39, 0.29) is 12.5 Å². The van der Waals surface area contributed by atoms with E-state index in [1.54, 1.807) is 12.1 Å². The molecule has 8 heteroatoms. The van der Waals surface area contributed by atoms with Gasteiger partial charge in [-0.3, -0.25) is 9.10 Å². The second-order valence-corrected chi connectivity index (χ2v) is 9.24. The predicted molar refractivity (Wildman–Crippen MR) is 111 cm³/mol. The highest BCUT2D eigenvalue weighted by Crippen LogP contribution is 2.35. The van der Waals surface area contributed by atoms with E-state index in [0.717, 1.165) is 30.2 Å². The molecule has 1 N–H and O–H groups in total. The summed E-state index contributed by atoms with van der Waals surface area (Å²) in [6.45, 7) is 2.31. The summed E-state index contributed by atoms with van der Waals surface area (Å²) in [5, 5.41) is 3.53. The van der Waals surface area contributed by atoms with Crippen LogP contribution in [0.5, 0.6) is 5.75 Å². The lowest BCUT2D eigenvalue weighted by molar-refractivity contribution is -0.127. The standard InChI is InChI=1S/C20H23ClN2O4S/c1-14-5-10-18-17(12-14)23(28(2,25)26)13-19(27-18)20(24)22-11-3-4-15-6-8-16(21)9-7-15/h5-10,12,19H,3-4,11,13H2,1-2H3,(H,22,24)/t19-/m1/s1. The van der Waals surface area contributed by atoms with Crippen molar-refractivity contribution in [2.24, 2.45) is 0 Å². The molecule has 1 amide bonds. The van der Waals surface area contributed by atoms with Gasteiger partial charge in [0.1, 0.15) is 5.75 Å². The molecule has 150 valence electrons. The number of nitrogens with one attached hydrogen (secondary N) is 1. The molecule has 0 aliphatic carbocycles. The van der Waals surface area contributed by atoms with Crippen LogP contribution in [0.4, 0.5) is 5.69 Å². The third-order valence-corrected chi connectivity index (χ3v) is 5.93. The topological polar surface area (TPSA) is 75.7 Å². The Balaban J connectivity index is 1.61. The van der Waals surface area contributed by atoms with Gasteiger partial charge >= 0.3 is 0 Å². The third-order valence-electron chi connectivity index (χ3n) is 4.53. The van der Waals surface area contributed by atoms with Gasteiger partial charge in [0.05, 0.1) is 18.5 Å². The molecule has 0 bridgehead atoms. The molecule has 1 aliphatic heterocycles. The van der Waals surface area contributed by atoms with Crippen molar-refractivity contribution in [3.8, 4) is 5.75 Å². The molecule has 0 spiro atoms. The number of nitrogens with zero attached hydrogens (tertiary/aromatic N) is 1. The van der Waals surface area contributed by atoms with Gasteiger partial charge in [0.15, 0.2) is 6.10 Å². The van der Waals surface area contributed by atoms with E-state index < -0.39 is 16.1 Å². The maximum absolute atomic E-state index is 12.5. The molecule has 6 nitrogen and oxygen atoms in total. The summed E-state index contributed by atoms with van der Waals surface area (Å²) < 4.78 is 31.4. The number of fused-ring (bicyclic) bond motifs is 1. The van der Waals surface area contributed by atoms with Gasteiger partial charge in [0, 0.05) is 11.6 Å². The first-order valence-corrected chi connectivity index (χ1v) is 11.2. The number of carbonyl (C=O) groups excluding carboxylic acids is 1. The summed E-state index contributed by atoms with van der Waals surface area (Å²) in [5.74, 6) is 0.0690. The molecule has 2 aromatic rings. The summed E-state index contributed by atoms with van der Waals surface area (Å²) in [6.07, 6.45) is 1.80. The van der Waals surface area contributed by atoms with Crippen LogP contribution < -0.4 is 14.4 Å². The molecule has 2 aromatic carbocycles. The van der Waals surface area contributed by atoms with Gasteiger partial charge in [-0.25, -0.2) is 8.42 Å². The smallest absolute Gasteiger partial charge is 0.263 e. The summed E-state index contributed by atoms with van der Waals surface area (Å²) in [6, 6.07) is 12.9. The van der Waals surface area contributed by atoms with Crippen molar-refractivity contribution < 1.29 is 17.9 Å². The quantitative estimate of drug-likeness (QED) is 0.726. The molecule has 0 unspecified atom stereocenters. The second-order valence-electron chi connectivity index (χ2n) is 6.89. The van der Waals surface area contributed by atoms with Crippen LogP contribution in [0.25, 0.3) is 0 Å². The van der Waals surface area contributed by atoms with Crippen LogP contribution in [-0.2, 0) is 21.2 Å². The van der Waals surface area contributed by atoms with Crippen LogP contribution >= 0.6 is 11.6 Å². The Morgan fingerprint density at radius 2 is 1.96 bits per heavy atom. The van der Waals surface area contributed by atoms with Gasteiger partial charge < -0.3 is 10.1 Å². The molecule has 28 heavy (non-hydrogen) atoms. The first-order chi connectivity index (χ1) is 13.2. The molecule has 1 aliphatic rings. The van der Waals surface area contributed by atoms with Gasteiger partial charge in [-0.05, 0) is 55.2 Å². The SMILES string of the molecule is Cc1ccc2c(c1)N(S(C)(=O)=O)C[C@H](C(=O)NCCCc1ccc(Cl)cc1)O2. The van der Waals surface area contributed by atoms with Gasteiger partial charge in [0.2, 0.25) is 10.0 Å². The molecule has 0 saturated carbocycles. The van der Waals surface area contributed by atoms with Crippen LogP contribution in [0.15, 0.2) is 42.5 Å². The summed E-state index contributed by atoms with van der Waals surface area (Å²) in [7, 11) is -3.52. The zero-order valence-corrected chi connectivity index (χ0v) is 17.4. The Kier molecular flexibility index (Phi) is 6.15. The maximum Gasteiger partial charge on any atom is 0.263 e. The zero-order chi connectivity index (χ0) is 20.3. The fourth-order valence-corrected chi connectivity index (χ4v) is 4.11. The Bertz CT molecular complexity index is 961. The lowest BCUT2D eigenvalue weighted by atomic mass is 10.1. The van der Waals surface area contributed by atoms with Gasteiger partial charge in [-0.2, -0.15) is 0 Å². The lowest BCUT2D eigenvalue weighted by Crippen LogP contribution is -2.50. The molecule has 0 aromatic heterocycles. The van der Waals surface area contributed by atoms with Crippen molar-refractivity contribution in [1.82, 2.24) is 5.32 Å². The van der Waals surface area contributed by atoms with Crippen molar-refractivity contribution in [2.45, 2.75) is 25.9 Å². The first-order valence-electron chi connectivity index (χ1n) is 9.01. The van der Waals surface area contributed by atoms with E-state index in [2.05, 4.69) is 5.32 Å². The van der Waals surface area contributed by atoms with Gasteiger partial charge in [-0.15, -0.1) is 0 Å². The number of rotatable bonds is 6. The number of halogens is 1. The molecular formula is C20H23ClN2O4S. The number of hydrogen-bond acceptors (Lipinski definition) is 4. The Labute approximate surface area is 170 Å². The lowest BCUT2D eigenvalue weighted by Gasteiger charge is -2.34. The van der Waals surface area contributed by atoms with Crippen LogP contribution in [0.1, 0.15) is 17.5 Å². The Morgan fingerprint density at radius 1 is 1.25 bits per heavy atom. The minimum absolute atomic E-state index is 0.0433. The average Bonchev–Trinajstić information content (AvgIpc) is 2.64. The highest BCUT2D eigenvalue weighted by molar-refractivity contribution is 7.92. The molecule has 0 radical (unpaired) electrons. The van der Waals surface area contributed by atoms with Crippen molar-refractivity contribution in [1.29, 1.82) is 0 Å². The molecule has 1 atom stereocenters. The van der Waals surface area contributed by atoms with Crippen LogP contribution in [0, 0.1) is 6.92 Å². The fraction of sp³-hybridized carbons (Fsp3) is 0.350. The van der Waals surface area contributed by atoms with E-state index in [9.17, 15) is 13.2 Å². The highest BCUT2D eigenvalue weighted by atomic mass is 35.5. The van der Waals surface area contributed by atoms with E-state index in [4.69, 9.17) is 16.3 Å². The number of aryl methyl sites for hydroxylation is 2. The average molecular weight is 423 g/mol. The largest absolute Gasteiger partial charge is 0.476 e. The number of hydrogen-bond donors (Lipinski definition) is 1. The Hall–Kier alpha value is -2.25. The number of benzene rings is 2. The fourth-order valence-electron chi connectivity index (χ4n) is 3.08. The van der Waals surface area contributed by atoms with Crippen LogP contribution in [0.3, 0.4) is 0 Å². The molecular weight excluding hydrogens is 400 g/mol. The monoisotopic (exact) mass is 422 g/mol. The zero-order valence-electron chi connectivity index (χ0n) is 15.8. The summed E-state index contributed by atoms with van der Waals surface area (Å²) in [5.41, 5.74) is 2.52. The van der Waals surface area contributed by atoms with Crippen LogP contribution in [0.2, 0.25) is 5.02 Å². The van der Waals surface area contributed by atoms with Crippen molar-refractivity contribution in [3.05, 3.63) is 58.6 Å². The molecule has 0 fully saturated rings. The van der Waals surface area contributed by atoms with E-state index >= 15 is 0 Å². The van der Waals surface area contributed by atoms with Gasteiger partial charge in [-0.1, -0.05) is 29.8 Å². The molecule has 0 saturated heterocycles. The number of anilines is 1. The van der Waals surface area contributed by atoms with E-state index in [1.807, 2.05) is 37.3 Å². The van der Waals surface area contributed by atoms with Crippen LogP contribution in [-0.4, -0.2) is 39.8 Å². The third kappa shape index (κ3) is 4.97. The number of amides is 1. The number of ether oxygens (including phenoxy) is 1. The van der Waals surface area contributed by atoms with Crippen molar-refractivity contribution in [3.63, 3.8) is 0 Å². The number of sulfonamides is 1. The summed E-state index contributed by atoms with van der Waals surface area (Å²) in [4.78, 5) is 12.5. The van der Waals surface area contributed by atoms with E-state index in [0.29, 0.717) is 23.0 Å². The molecule has 1 heterocycles. The number of carbonyl (C=O) groups is 1. The summed E-state index contributed by atoms with van der Waals surface area (Å²) >= 11 is 5.87. The predicted octanol–water partition coefficient (Wildman–Crippen LogP) is 2.92. The van der Waals surface area contributed by atoms with E-state index in [1.165, 1.54) is 4.31 Å². The Morgan fingerprint density at radius 3 is 2.64 bits per heavy atom. The van der Waals surface area contributed by atoms with Gasteiger partial charge in [0.25, 0.3) is 5.91 Å². The minimum atomic E-state index is -3.52. The first kappa shape index (κ1) is 20.5. The maximum atomic E-state index is 12.5.